The number of para-hydroxylation sites is 1. The number of rotatable bonds is 2. The van der Waals surface area contributed by atoms with Crippen molar-refractivity contribution >= 4 is 10.9 Å². The SMILES string of the molecule is CC[C@@]1(CO)CCCN2CCc3c([nH]c4ccccc34)C2C1. The number of fused-ring (bicyclic) bond motifs is 5. The van der Waals surface area contributed by atoms with Crippen molar-refractivity contribution in [2.24, 2.45) is 5.41 Å². The molecule has 0 aliphatic carbocycles. The van der Waals surface area contributed by atoms with Crippen molar-refractivity contribution in [3.05, 3.63) is 35.5 Å². The van der Waals surface area contributed by atoms with Gasteiger partial charge in [-0.05, 0) is 55.7 Å². The van der Waals surface area contributed by atoms with E-state index in [2.05, 4.69) is 41.1 Å². The Hall–Kier alpha value is -1.32. The highest BCUT2D eigenvalue weighted by molar-refractivity contribution is 5.85. The molecule has 2 aliphatic rings. The summed E-state index contributed by atoms with van der Waals surface area (Å²) in [6.45, 7) is 4.89. The van der Waals surface area contributed by atoms with Gasteiger partial charge in [0.25, 0.3) is 0 Å². The maximum atomic E-state index is 10.0. The van der Waals surface area contributed by atoms with Gasteiger partial charge in [-0.25, -0.2) is 0 Å². The van der Waals surface area contributed by atoms with E-state index in [4.69, 9.17) is 0 Å². The highest BCUT2D eigenvalue weighted by atomic mass is 16.3. The standard InChI is InChI=1S/C19H26N2O/c1-2-19(13-22)9-5-10-21-11-8-15-14-6-3-4-7-16(14)20-18(15)17(21)12-19/h3-4,6-7,17,20,22H,2,5,8-13H2,1H3/t17?,19-/m1/s1. The molecule has 1 unspecified atom stereocenters. The van der Waals surface area contributed by atoms with Crippen molar-refractivity contribution in [3.63, 3.8) is 0 Å². The Morgan fingerprint density at radius 3 is 3.00 bits per heavy atom. The van der Waals surface area contributed by atoms with Gasteiger partial charge in [-0.2, -0.15) is 0 Å². The van der Waals surface area contributed by atoms with Gasteiger partial charge in [0.15, 0.2) is 0 Å². The Kier molecular flexibility index (Phi) is 3.50. The molecule has 4 rings (SSSR count). The van der Waals surface area contributed by atoms with E-state index in [0.29, 0.717) is 12.6 Å². The zero-order valence-electron chi connectivity index (χ0n) is 13.4. The molecule has 3 heterocycles. The third kappa shape index (κ3) is 2.10. The summed E-state index contributed by atoms with van der Waals surface area (Å²) in [6.07, 6.45) is 5.67. The van der Waals surface area contributed by atoms with Crippen LogP contribution in [0.2, 0.25) is 0 Å². The summed E-state index contributed by atoms with van der Waals surface area (Å²) >= 11 is 0. The summed E-state index contributed by atoms with van der Waals surface area (Å²) in [5, 5.41) is 11.4. The molecular weight excluding hydrogens is 272 g/mol. The zero-order valence-corrected chi connectivity index (χ0v) is 13.4. The Morgan fingerprint density at radius 2 is 2.18 bits per heavy atom. The number of nitrogens with zero attached hydrogens (tertiary/aromatic N) is 1. The van der Waals surface area contributed by atoms with E-state index in [-0.39, 0.29) is 5.41 Å². The van der Waals surface area contributed by atoms with E-state index in [1.807, 2.05) is 0 Å². The largest absolute Gasteiger partial charge is 0.396 e. The van der Waals surface area contributed by atoms with Gasteiger partial charge in [0.05, 0.1) is 6.04 Å². The lowest BCUT2D eigenvalue weighted by molar-refractivity contribution is 0.0781. The van der Waals surface area contributed by atoms with Crippen molar-refractivity contribution in [3.8, 4) is 0 Å². The molecule has 2 aromatic rings. The van der Waals surface area contributed by atoms with Crippen LogP contribution in [-0.4, -0.2) is 34.7 Å². The average Bonchev–Trinajstić information content (AvgIpc) is 2.83. The highest BCUT2D eigenvalue weighted by Crippen LogP contribution is 2.46. The Labute approximate surface area is 132 Å². The molecule has 1 fully saturated rings. The van der Waals surface area contributed by atoms with Gasteiger partial charge in [0.1, 0.15) is 0 Å². The topological polar surface area (TPSA) is 39.3 Å². The minimum absolute atomic E-state index is 0.103. The molecule has 0 spiro atoms. The van der Waals surface area contributed by atoms with E-state index in [1.54, 1.807) is 0 Å². The van der Waals surface area contributed by atoms with Crippen LogP contribution in [0.1, 0.15) is 49.9 Å². The molecule has 118 valence electrons. The number of aromatic amines is 1. The van der Waals surface area contributed by atoms with E-state index in [1.165, 1.54) is 35.1 Å². The van der Waals surface area contributed by atoms with Gasteiger partial charge < -0.3 is 10.1 Å². The summed E-state index contributed by atoms with van der Waals surface area (Å²) in [7, 11) is 0. The number of benzene rings is 1. The molecule has 0 saturated carbocycles. The van der Waals surface area contributed by atoms with Crippen LogP contribution in [0.5, 0.6) is 0 Å². The van der Waals surface area contributed by atoms with E-state index >= 15 is 0 Å². The normalized spacial score (nSPS) is 29.1. The maximum absolute atomic E-state index is 10.0. The van der Waals surface area contributed by atoms with Crippen LogP contribution in [0, 0.1) is 5.41 Å². The van der Waals surface area contributed by atoms with Crippen LogP contribution in [0.4, 0.5) is 0 Å². The number of hydrogen-bond donors (Lipinski definition) is 2. The van der Waals surface area contributed by atoms with Crippen molar-refractivity contribution in [2.45, 2.75) is 45.1 Å². The third-order valence-corrected chi connectivity index (χ3v) is 6.13. The molecule has 1 aromatic heterocycles. The minimum atomic E-state index is 0.103. The molecule has 1 saturated heterocycles. The van der Waals surface area contributed by atoms with Crippen molar-refractivity contribution in [1.29, 1.82) is 0 Å². The molecule has 3 heteroatoms. The second-order valence-electron chi connectivity index (χ2n) is 7.18. The lowest BCUT2D eigenvalue weighted by Gasteiger charge is -2.38. The summed E-state index contributed by atoms with van der Waals surface area (Å²) in [5.41, 5.74) is 4.30. The second kappa shape index (κ2) is 5.39. The van der Waals surface area contributed by atoms with Gasteiger partial charge in [-0.15, -0.1) is 0 Å². The lowest BCUT2D eigenvalue weighted by Crippen LogP contribution is -2.37. The molecule has 3 nitrogen and oxygen atoms in total. The second-order valence-corrected chi connectivity index (χ2v) is 7.18. The molecule has 2 atom stereocenters. The zero-order chi connectivity index (χ0) is 15.2. The van der Waals surface area contributed by atoms with Gasteiger partial charge >= 0.3 is 0 Å². The van der Waals surface area contributed by atoms with E-state index in [0.717, 1.165) is 32.2 Å². The summed E-state index contributed by atoms with van der Waals surface area (Å²) in [4.78, 5) is 6.35. The fourth-order valence-electron chi connectivity index (χ4n) is 4.61. The van der Waals surface area contributed by atoms with Crippen molar-refractivity contribution in [2.75, 3.05) is 19.7 Å². The number of H-pyrrole nitrogens is 1. The quantitative estimate of drug-likeness (QED) is 0.888. The highest BCUT2D eigenvalue weighted by Gasteiger charge is 2.39. The molecule has 22 heavy (non-hydrogen) atoms. The van der Waals surface area contributed by atoms with Crippen LogP contribution in [0.15, 0.2) is 24.3 Å². The number of aliphatic hydroxyl groups excluding tert-OH is 1. The van der Waals surface area contributed by atoms with Gasteiger partial charge in [-0.1, -0.05) is 25.1 Å². The third-order valence-electron chi connectivity index (χ3n) is 6.13. The first-order chi connectivity index (χ1) is 10.8. The summed E-state index contributed by atoms with van der Waals surface area (Å²) < 4.78 is 0. The predicted octanol–water partition coefficient (Wildman–Crippen LogP) is 3.64. The Morgan fingerprint density at radius 1 is 1.32 bits per heavy atom. The monoisotopic (exact) mass is 298 g/mol. The molecular formula is C19H26N2O. The Balaban J connectivity index is 1.80. The maximum Gasteiger partial charge on any atom is 0.0507 e. The van der Waals surface area contributed by atoms with Crippen LogP contribution in [0.3, 0.4) is 0 Å². The van der Waals surface area contributed by atoms with Gasteiger partial charge in [-0.3, -0.25) is 4.90 Å². The summed E-state index contributed by atoms with van der Waals surface area (Å²) in [5.74, 6) is 0. The first kappa shape index (κ1) is 14.3. The molecule has 2 aliphatic heterocycles. The smallest absolute Gasteiger partial charge is 0.0507 e. The van der Waals surface area contributed by atoms with Crippen molar-refractivity contribution in [1.82, 2.24) is 9.88 Å². The molecule has 0 amide bonds. The lowest BCUT2D eigenvalue weighted by atomic mass is 9.76. The van der Waals surface area contributed by atoms with E-state index < -0.39 is 0 Å². The molecule has 1 aromatic carbocycles. The number of hydrogen-bond acceptors (Lipinski definition) is 2. The van der Waals surface area contributed by atoms with E-state index in [9.17, 15) is 5.11 Å². The van der Waals surface area contributed by atoms with Crippen LogP contribution in [0.25, 0.3) is 10.9 Å². The fourth-order valence-corrected chi connectivity index (χ4v) is 4.61. The fraction of sp³-hybridized carbons (Fsp3) is 0.579. The molecule has 0 radical (unpaired) electrons. The molecule has 2 N–H and O–H groups in total. The van der Waals surface area contributed by atoms with Crippen LogP contribution < -0.4 is 0 Å². The number of nitrogens with one attached hydrogen (secondary N) is 1. The average molecular weight is 298 g/mol. The number of aromatic nitrogens is 1. The summed E-state index contributed by atoms with van der Waals surface area (Å²) in [6, 6.07) is 9.13. The van der Waals surface area contributed by atoms with Crippen LogP contribution >= 0.6 is 0 Å². The number of aliphatic hydroxyl groups is 1. The first-order valence-electron chi connectivity index (χ1n) is 8.71. The van der Waals surface area contributed by atoms with Crippen LogP contribution in [-0.2, 0) is 6.42 Å². The first-order valence-corrected chi connectivity index (χ1v) is 8.71. The molecule has 0 bridgehead atoms. The predicted molar refractivity (Wildman–Crippen MR) is 90.0 cm³/mol. The van der Waals surface area contributed by atoms with Gasteiger partial charge in [0.2, 0.25) is 0 Å². The van der Waals surface area contributed by atoms with Crippen molar-refractivity contribution < 1.29 is 5.11 Å². The van der Waals surface area contributed by atoms with Gasteiger partial charge in [0, 0.05) is 29.7 Å². The Bertz CT molecular complexity index is 671. The minimum Gasteiger partial charge on any atom is -0.396 e.